The van der Waals surface area contributed by atoms with Crippen molar-refractivity contribution in [3.05, 3.63) is 34.5 Å². The van der Waals surface area contributed by atoms with Gasteiger partial charge in [0.1, 0.15) is 4.90 Å². The molecule has 31 heavy (non-hydrogen) atoms. The summed E-state index contributed by atoms with van der Waals surface area (Å²) in [7, 11) is -1.78. The fourth-order valence-corrected chi connectivity index (χ4v) is 5.99. The normalized spacial score (nSPS) is 20.9. The van der Waals surface area contributed by atoms with E-state index in [0.29, 0.717) is 31.6 Å². The lowest BCUT2D eigenvalue weighted by atomic mass is 9.99. The molecule has 1 aromatic carbocycles. The number of carbonyl (C=O) groups is 1. The van der Waals surface area contributed by atoms with E-state index in [0.717, 1.165) is 55.3 Å². The summed E-state index contributed by atoms with van der Waals surface area (Å²) in [6, 6.07) is 1.57. The highest BCUT2D eigenvalue weighted by atomic mass is 32.2. The Bertz CT molecular complexity index is 1170. The van der Waals surface area contributed by atoms with Gasteiger partial charge in [-0.2, -0.15) is 5.10 Å². The van der Waals surface area contributed by atoms with E-state index in [-0.39, 0.29) is 4.90 Å². The Morgan fingerprint density at radius 2 is 2.23 bits per heavy atom. The highest BCUT2D eigenvalue weighted by Gasteiger charge is 2.30. The smallest absolute Gasteiger partial charge is 0.354 e. The van der Waals surface area contributed by atoms with Crippen LogP contribution in [0.4, 0.5) is 10.5 Å². The summed E-state index contributed by atoms with van der Waals surface area (Å²) < 4.78 is 29.5. The maximum absolute atomic E-state index is 13.1. The number of nitrogens with two attached hydrogens (primary N) is 1. The molecule has 9 nitrogen and oxygen atoms in total. The van der Waals surface area contributed by atoms with Gasteiger partial charge in [-0.1, -0.05) is 6.07 Å². The van der Waals surface area contributed by atoms with E-state index in [4.69, 9.17) is 14.6 Å². The molecule has 3 N–H and O–H groups in total. The van der Waals surface area contributed by atoms with Gasteiger partial charge in [-0.3, -0.25) is 0 Å². The molecule has 1 aliphatic heterocycles. The van der Waals surface area contributed by atoms with Crippen LogP contribution in [0.1, 0.15) is 35.1 Å². The first-order chi connectivity index (χ1) is 15.0. The lowest BCUT2D eigenvalue weighted by Crippen LogP contribution is -2.21. The number of benzene rings is 1. The Morgan fingerprint density at radius 1 is 1.35 bits per heavy atom. The Labute approximate surface area is 181 Å². The molecule has 0 radical (unpaired) electrons. The zero-order valence-corrected chi connectivity index (χ0v) is 18.4. The monoisotopic (exact) mass is 445 g/mol. The van der Waals surface area contributed by atoms with Crippen LogP contribution in [0.25, 0.3) is 0 Å². The Morgan fingerprint density at radius 3 is 3.06 bits per heavy atom. The number of methoxy groups -OCH3 is 1. The van der Waals surface area contributed by atoms with Crippen LogP contribution in [-0.4, -0.2) is 40.3 Å². The van der Waals surface area contributed by atoms with Crippen molar-refractivity contribution >= 4 is 21.6 Å². The predicted octanol–water partition coefficient (Wildman–Crippen LogP) is 2.45. The second-order valence-corrected chi connectivity index (χ2v) is 10.2. The first-order valence-electron chi connectivity index (χ1n) is 10.7. The number of anilines is 1. The van der Waals surface area contributed by atoms with Crippen LogP contribution in [0.15, 0.2) is 21.5 Å². The lowest BCUT2D eigenvalue weighted by Gasteiger charge is -2.16. The highest BCUT2D eigenvalue weighted by molar-refractivity contribution is 7.91. The van der Waals surface area contributed by atoms with Crippen molar-refractivity contribution in [2.75, 3.05) is 25.6 Å². The van der Waals surface area contributed by atoms with E-state index in [9.17, 15) is 9.00 Å². The zero-order chi connectivity index (χ0) is 21.6. The van der Waals surface area contributed by atoms with E-state index in [1.54, 1.807) is 11.8 Å². The maximum Gasteiger partial charge on any atom is 0.354 e. The number of hydrogen-bond donors (Lipinski definition) is 2. The molecule has 10 heteroatoms. The van der Waals surface area contributed by atoms with Crippen LogP contribution >= 0.6 is 0 Å². The molecule has 5 rings (SSSR count). The molecule has 1 aromatic heterocycles. The molecule has 2 atom stereocenters. The van der Waals surface area contributed by atoms with Crippen LogP contribution in [0.3, 0.4) is 0 Å². The number of nitrogens with one attached hydrogen (secondary N) is 1. The highest BCUT2D eigenvalue weighted by Crippen LogP contribution is 2.40. The van der Waals surface area contributed by atoms with E-state index >= 15 is 0 Å². The van der Waals surface area contributed by atoms with Crippen LogP contribution in [0.2, 0.25) is 0 Å². The number of ether oxygens (including phenoxy) is 2. The van der Waals surface area contributed by atoms with Crippen molar-refractivity contribution in [1.82, 2.24) is 9.78 Å². The fraction of sp³-hybridized carbons (Fsp3) is 0.524. The first-order valence-corrected chi connectivity index (χ1v) is 12.2. The topological polar surface area (TPSA) is 121 Å². The van der Waals surface area contributed by atoms with Crippen LogP contribution in [0.5, 0.6) is 5.88 Å². The van der Waals surface area contributed by atoms with Gasteiger partial charge in [-0.15, -0.1) is 4.36 Å². The quantitative estimate of drug-likeness (QED) is 0.749. The zero-order valence-electron chi connectivity index (χ0n) is 17.6. The second kappa shape index (κ2) is 7.92. The van der Waals surface area contributed by atoms with Gasteiger partial charge in [0.05, 0.1) is 12.8 Å². The molecule has 0 spiro atoms. The van der Waals surface area contributed by atoms with Crippen molar-refractivity contribution in [3.8, 4) is 5.88 Å². The number of hydrogen-bond acceptors (Lipinski definition) is 5. The second-order valence-electron chi connectivity index (χ2n) is 8.44. The summed E-state index contributed by atoms with van der Waals surface area (Å²) in [5.74, 6) is 0.726. The SMILES string of the molecule is COC[C@@H]1Cc2cc3c(c(NC(=O)N=[S@](N)(=O)c4cnn5c4OCCC5)c2C1)CCC3. The van der Waals surface area contributed by atoms with Crippen molar-refractivity contribution in [2.24, 2.45) is 15.4 Å². The number of rotatable bonds is 4. The fourth-order valence-electron chi connectivity index (χ4n) is 4.99. The summed E-state index contributed by atoms with van der Waals surface area (Å²) >= 11 is 0. The minimum Gasteiger partial charge on any atom is -0.477 e. The molecule has 2 heterocycles. The van der Waals surface area contributed by atoms with Crippen molar-refractivity contribution in [2.45, 2.75) is 50.0 Å². The third-order valence-electron chi connectivity index (χ3n) is 6.28. The van der Waals surface area contributed by atoms with Gasteiger partial charge in [-0.25, -0.2) is 18.8 Å². The number of fused-ring (bicyclic) bond motifs is 3. The first kappa shape index (κ1) is 20.5. The molecule has 2 aromatic rings. The molecule has 0 fully saturated rings. The molecule has 166 valence electrons. The summed E-state index contributed by atoms with van der Waals surface area (Å²) in [6.45, 7) is 1.83. The van der Waals surface area contributed by atoms with Crippen molar-refractivity contribution in [3.63, 3.8) is 0 Å². The Kier molecular flexibility index (Phi) is 5.23. The van der Waals surface area contributed by atoms with Gasteiger partial charge in [0, 0.05) is 32.4 Å². The minimum absolute atomic E-state index is 0.158. The molecule has 0 bridgehead atoms. The third kappa shape index (κ3) is 3.72. The number of aryl methyl sites for hydroxylation is 2. The summed E-state index contributed by atoms with van der Waals surface area (Å²) in [6.07, 6.45) is 6.95. The Hall–Kier alpha value is -2.43. The van der Waals surface area contributed by atoms with Gasteiger partial charge in [0.15, 0.2) is 9.92 Å². The summed E-state index contributed by atoms with van der Waals surface area (Å²) in [5.41, 5.74) is 5.65. The lowest BCUT2D eigenvalue weighted by molar-refractivity contribution is 0.156. The summed E-state index contributed by atoms with van der Waals surface area (Å²) in [4.78, 5) is 13.0. The predicted molar refractivity (Wildman–Crippen MR) is 116 cm³/mol. The molecule has 3 aliphatic rings. The molecule has 0 saturated heterocycles. The van der Waals surface area contributed by atoms with E-state index in [1.165, 1.54) is 17.3 Å². The standard InChI is InChI=1S/C21H27N5O4S/c1-29-12-13-8-15-10-14-4-2-5-16(14)19(17(15)9-13)24-21(27)25-31(22,28)18-11-23-26-6-3-7-30-20(18)26/h10-11,13H,2-9,12H2,1H3,(H3,22,24,25,27,28)/t13-,31+/m1/s1. The van der Waals surface area contributed by atoms with Crippen LogP contribution in [0, 0.1) is 5.92 Å². The van der Waals surface area contributed by atoms with Crippen LogP contribution in [-0.2, 0) is 46.9 Å². The number of aromatic nitrogens is 2. The molecule has 0 saturated carbocycles. The molecular formula is C21H27N5O4S. The van der Waals surface area contributed by atoms with Crippen molar-refractivity contribution < 1.29 is 18.5 Å². The number of nitrogens with zero attached hydrogens (tertiary/aromatic N) is 3. The van der Waals surface area contributed by atoms with E-state index in [1.807, 2.05) is 0 Å². The Balaban J connectivity index is 1.46. The average Bonchev–Trinajstić information content (AvgIpc) is 3.45. The van der Waals surface area contributed by atoms with Gasteiger partial charge < -0.3 is 14.8 Å². The van der Waals surface area contributed by atoms with E-state index in [2.05, 4.69) is 20.8 Å². The minimum atomic E-state index is -3.49. The average molecular weight is 446 g/mol. The van der Waals surface area contributed by atoms with Gasteiger partial charge >= 0.3 is 6.03 Å². The van der Waals surface area contributed by atoms with E-state index < -0.39 is 15.9 Å². The molecule has 2 amide bonds. The third-order valence-corrected chi connectivity index (χ3v) is 7.63. The molecule has 0 unspecified atom stereocenters. The number of urea groups is 1. The largest absolute Gasteiger partial charge is 0.477 e. The number of amides is 2. The van der Waals surface area contributed by atoms with Gasteiger partial charge in [-0.05, 0) is 60.3 Å². The van der Waals surface area contributed by atoms with Gasteiger partial charge in [0.2, 0.25) is 5.88 Å². The van der Waals surface area contributed by atoms with Gasteiger partial charge in [0.25, 0.3) is 0 Å². The molecular weight excluding hydrogens is 418 g/mol. The van der Waals surface area contributed by atoms with Crippen molar-refractivity contribution in [1.29, 1.82) is 0 Å². The van der Waals surface area contributed by atoms with Crippen LogP contribution < -0.4 is 15.2 Å². The number of carbonyl (C=O) groups excluding carboxylic acids is 1. The molecule has 2 aliphatic carbocycles. The maximum atomic E-state index is 13.1. The summed E-state index contributed by atoms with van der Waals surface area (Å²) in [5, 5.41) is 13.1.